The topological polar surface area (TPSA) is 66.5 Å². The van der Waals surface area contributed by atoms with E-state index < -0.39 is 10.0 Å². The Morgan fingerprint density at radius 3 is 2.39 bits per heavy atom. The lowest BCUT2D eigenvalue weighted by Crippen LogP contribution is -2.32. The Bertz CT molecular complexity index is 1000. The van der Waals surface area contributed by atoms with Crippen LogP contribution < -0.4 is 9.62 Å². The van der Waals surface area contributed by atoms with Gasteiger partial charge in [0.25, 0.3) is 5.91 Å². The first-order valence-corrected chi connectivity index (χ1v) is 11.4. The number of rotatable bonds is 4. The van der Waals surface area contributed by atoms with Gasteiger partial charge >= 0.3 is 0 Å². The number of aryl methyl sites for hydroxylation is 2. The number of carbonyl (C=O) groups excluding carboxylic acids is 1. The SMILES string of the molecule is Cc1cc(C)cc(C(=O)N2CCc3cc(S(=O)(=O)NC4CCCC4)ccc32)c1. The molecule has 0 aromatic heterocycles. The number of fused-ring (bicyclic) bond motifs is 1. The fourth-order valence-corrected chi connectivity index (χ4v) is 5.70. The molecule has 0 atom stereocenters. The third kappa shape index (κ3) is 3.71. The molecule has 5 nitrogen and oxygen atoms in total. The summed E-state index contributed by atoms with van der Waals surface area (Å²) >= 11 is 0. The molecular formula is C22H26N2O3S. The Morgan fingerprint density at radius 1 is 1.04 bits per heavy atom. The van der Waals surface area contributed by atoms with Crippen molar-refractivity contribution in [1.29, 1.82) is 0 Å². The molecule has 1 amide bonds. The van der Waals surface area contributed by atoms with Crippen LogP contribution in [0.4, 0.5) is 5.69 Å². The van der Waals surface area contributed by atoms with Gasteiger partial charge in [0.2, 0.25) is 10.0 Å². The number of amides is 1. The summed E-state index contributed by atoms with van der Waals surface area (Å²) in [6.45, 7) is 4.53. The third-order valence-corrected chi connectivity index (χ3v) is 7.17. The van der Waals surface area contributed by atoms with E-state index in [1.165, 1.54) is 0 Å². The molecule has 0 spiro atoms. The van der Waals surface area contributed by atoms with Gasteiger partial charge in [0.1, 0.15) is 0 Å². The highest BCUT2D eigenvalue weighted by atomic mass is 32.2. The smallest absolute Gasteiger partial charge is 0.258 e. The predicted molar refractivity (Wildman–Crippen MR) is 110 cm³/mol. The van der Waals surface area contributed by atoms with Crippen LogP contribution in [0, 0.1) is 13.8 Å². The zero-order valence-corrected chi connectivity index (χ0v) is 17.2. The Kier molecular flexibility index (Phi) is 5.02. The number of carbonyl (C=O) groups is 1. The molecule has 1 saturated carbocycles. The maximum absolute atomic E-state index is 13.0. The highest BCUT2D eigenvalue weighted by molar-refractivity contribution is 7.89. The summed E-state index contributed by atoms with van der Waals surface area (Å²) in [5.74, 6) is -0.0368. The van der Waals surface area contributed by atoms with Crippen molar-refractivity contribution in [2.75, 3.05) is 11.4 Å². The van der Waals surface area contributed by atoms with Crippen molar-refractivity contribution in [1.82, 2.24) is 4.72 Å². The van der Waals surface area contributed by atoms with E-state index in [1.54, 1.807) is 23.1 Å². The monoisotopic (exact) mass is 398 g/mol. The van der Waals surface area contributed by atoms with Gasteiger partial charge < -0.3 is 4.90 Å². The quantitative estimate of drug-likeness (QED) is 0.853. The van der Waals surface area contributed by atoms with E-state index in [4.69, 9.17) is 0 Å². The van der Waals surface area contributed by atoms with Gasteiger partial charge in [0.05, 0.1) is 4.90 Å². The van der Waals surface area contributed by atoms with Crippen LogP contribution in [-0.4, -0.2) is 26.9 Å². The third-order valence-electron chi connectivity index (χ3n) is 5.65. The zero-order chi connectivity index (χ0) is 19.9. The van der Waals surface area contributed by atoms with E-state index in [0.29, 0.717) is 23.4 Å². The molecule has 0 radical (unpaired) electrons. The van der Waals surface area contributed by atoms with Gasteiger partial charge in [-0.15, -0.1) is 0 Å². The van der Waals surface area contributed by atoms with E-state index >= 15 is 0 Å². The Morgan fingerprint density at radius 2 is 1.71 bits per heavy atom. The average Bonchev–Trinajstić information content (AvgIpc) is 3.28. The molecule has 6 heteroatoms. The van der Waals surface area contributed by atoms with Crippen LogP contribution in [0.2, 0.25) is 0 Å². The van der Waals surface area contributed by atoms with Gasteiger partial charge in [0, 0.05) is 23.8 Å². The number of anilines is 1. The summed E-state index contributed by atoms with van der Waals surface area (Å²) in [7, 11) is -3.52. The Balaban J connectivity index is 1.58. The molecule has 1 fully saturated rings. The summed E-state index contributed by atoms with van der Waals surface area (Å²) in [5.41, 5.74) is 4.50. The number of sulfonamides is 1. The van der Waals surface area contributed by atoms with Gasteiger partial charge in [-0.2, -0.15) is 0 Å². The predicted octanol–water partition coefficient (Wildman–Crippen LogP) is 3.73. The van der Waals surface area contributed by atoms with Gasteiger partial charge in [-0.3, -0.25) is 4.79 Å². The molecule has 1 N–H and O–H groups in total. The van der Waals surface area contributed by atoms with Crippen molar-refractivity contribution in [2.24, 2.45) is 0 Å². The minimum absolute atomic E-state index is 0.0368. The summed E-state index contributed by atoms with van der Waals surface area (Å²) in [6.07, 6.45) is 4.63. The molecule has 2 aromatic rings. The Hall–Kier alpha value is -2.18. The molecule has 0 unspecified atom stereocenters. The van der Waals surface area contributed by atoms with Crippen molar-refractivity contribution in [2.45, 2.75) is 56.9 Å². The van der Waals surface area contributed by atoms with Crippen LogP contribution in [0.25, 0.3) is 0 Å². The molecule has 2 aliphatic rings. The lowest BCUT2D eigenvalue weighted by Gasteiger charge is -2.19. The van der Waals surface area contributed by atoms with E-state index in [9.17, 15) is 13.2 Å². The molecule has 4 rings (SSSR count). The fourth-order valence-electron chi connectivity index (χ4n) is 4.34. The highest BCUT2D eigenvalue weighted by Crippen LogP contribution is 2.32. The van der Waals surface area contributed by atoms with Crippen molar-refractivity contribution in [3.63, 3.8) is 0 Å². The molecule has 1 aliphatic heterocycles. The minimum atomic E-state index is -3.52. The van der Waals surface area contributed by atoms with Gasteiger partial charge in [-0.1, -0.05) is 30.0 Å². The van der Waals surface area contributed by atoms with Crippen molar-refractivity contribution >= 4 is 21.6 Å². The summed E-state index contributed by atoms with van der Waals surface area (Å²) in [5, 5.41) is 0. The van der Waals surface area contributed by atoms with Gasteiger partial charge in [-0.05, 0) is 69.0 Å². The summed E-state index contributed by atoms with van der Waals surface area (Å²) < 4.78 is 28.2. The van der Waals surface area contributed by atoms with Crippen molar-refractivity contribution in [3.05, 3.63) is 58.7 Å². The highest BCUT2D eigenvalue weighted by Gasteiger charge is 2.29. The van der Waals surface area contributed by atoms with Crippen molar-refractivity contribution in [3.8, 4) is 0 Å². The maximum Gasteiger partial charge on any atom is 0.258 e. The first-order chi connectivity index (χ1) is 13.3. The van der Waals surface area contributed by atoms with E-state index in [1.807, 2.05) is 32.0 Å². The van der Waals surface area contributed by atoms with Crippen LogP contribution in [-0.2, 0) is 16.4 Å². The molecule has 0 bridgehead atoms. The van der Waals surface area contributed by atoms with E-state index in [0.717, 1.165) is 48.1 Å². The van der Waals surface area contributed by atoms with Crippen LogP contribution in [0.3, 0.4) is 0 Å². The minimum Gasteiger partial charge on any atom is -0.308 e. The molecule has 1 aliphatic carbocycles. The average molecular weight is 399 g/mol. The molecule has 1 heterocycles. The second-order valence-electron chi connectivity index (χ2n) is 7.98. The largest absolute Gasteiger partial charge is 0.308 e. The lowest BCUT2D eigenvalue weighted by atomic mass is 10.1. The second-order valence-corrected chi connectivity index (χ2v) is 9.69. The molecule has 2 aromatic carbocycles. The number of hydrogen-bond donors (Lipinski definition) is 1. The number of hydrogen-bond acceptors (Lipinski definition) is 3. The molecular weight excluding hydrogens is 372 g/mol. The normalized spacial score (nSPS) is 17.1. The second kappa shape index (κ2) is 7.33. The van der Waals surface area contributed by atoms with Crippen LogP contribution >= 0.6 is 0 Å². The standard InChI is InChI=1S/C22H26N2O3S/c1-15-11-16(2)13-18(12-15)22(25)24-10-9-17-14-20(7-8-21(17)24)28(26,27)23-19-5-3-4-6-19/h7-8,11-14,19,23H,3-6,9-10H2,1-2H3. The van der Waals surface area contributed by atoms with Gasteiger partial charge in [-0.25, -0.2) is 13.1 Å². The first-order valence-electron chi connectivity index (χ1n) is 9.89. The molecule has 28 heavy (non-hydrogen) atoms. The Labute approximate surface area is 166 Å². The lowest BCUT2D eigenvalue weighted by molar-refractivity contribution is 0.0989. The number of nitrogens with zero attached hydrogens (tertiary/aromatic N) is 1. The van der Waals surface area contributed by atoms with Crippen LogP contribution in [0.5, 0.6) is 0 Å². The number of nitrogens with one attached hydrogen (secondary N) is 1. The van der Waals surface area contributed by atoms with Crippen LogP contribution in [0.15, 0.2) is 41.3 Å². The van der Waals surface area contributed by atoms with Crippen LogP contribution in [0.1, 0.15) is 52.7 Å². The van der Waals surface area contributed by atoms with E-state index in [-0.39, 0.29) is 11.9 Å². The summed E-state index contributed by atoms with van der Waals surface area (Å²) in [6, 6.07) is 11.0. The maximum atomic E-state index is 13.0. The number of benzene rings is 2. The molecule has 148 valence electrons. The van der Waals surface area contributed by atoms with Gasteiger partial charge in [0.15, 0.2) is 0 Å². The zero-order valence-electron chi connectivity index (χ0n) is 16.4. The van der Waals surface area contributed by atoms with E-state index in [2.05, 4.69) is 4.72 Å². The van der Waals surface area contributed by atoms with Crippen molar-refractivity contribution < 1.29 is 13.2 Å². The fraction of sp³-hybridized carbons (Fsp3) is 0.409. The summed E-state index contributed by atoms with van der Waals surface area (Å²) in [4.78, 5) is 15.1. The molecule has 0 saturated heterocycles. The first kappa shape index (κ1) is 19.2.